The van der Waals surface area contributed by atoms with Crippen molar-refractivity contribution in [1.29, 1.82) is 0 Å². The van der Waals surface area contributed by atoms with Crippen molar-refractivity contribution in [2.24, 2.45) is 0 Å². The molecule has 0 aromatic carbocycles. The van der Waals surface area contributed by atoms with Gasteiger partial charge in [0.25, 0.3) is 0 Å². The molecular formula is C10H12N2OS. The van der Waals surface area contributed by atoms with Crippen molar-refractivity contribution in [2.45, 2.75) is 19.5 Å². The molecule has 0 aliphatic carbocycles. The molecule has 14 heavy (non-hydrogen) atoms. The molecule has 3 nitrogen and oxygen atoms in total. The molecule has 1 N–H and O–H groups in total. The van der Waals surface area contributed by atoms with E-state index in [4.69, 9.17) is 4.42 Å². The van der Waals surface area contributed by atoms with Crippen molar-refractivity contribution in [2.75, 3.05) is 0 Å². The quantitative estimate of drug-likeness (QED) is 0.839. The number of nitrogens with one attached hydrogen (secondary N) is 1. The number of hydrogen-bond donors (Lipinski definition) is 1. The first-order chi connectivity index (χ1) is 6.86. The summed E-state index contributed by atoms with van der Waals surface area (Å²) in [6.07, 6.45) is 3.58. The molecule has 1 unspecified atom stereocenters. The minimum absolute atomic E-state index is 0.243. The van der Waals surface area contributed by atoms with Gasteiger partial charge in [0.1, 0.15) is 5.76 Å². The lowest BCUT2D eigenvalue weighted by Gasteiger charge is -2.09. The van der Waals surface area contributed by atoms with Gasteiger partial charge in [-0.05, 0) is 19.1 Å². The summed E-state index contributed by atoms with van der Waals surface area (Å²) in [5.41, 5.74) is 1.84. The van der Waals surface area contributed by atoms with Crippen LogP contribution in [0.25, 0.3) is 0 Å². The molecule has 0 saturated heterocycles. The molecule has 0 fully saturated rings. The van der Waals surface area contributed by atoms with Crippen LogP contribution >= 0.6 is 11.3 Å². The third kappa shape index (κ3) is 2.21. The van der Waals surface area contributed by atoms with Gasteiger partial charge in [-0.3, -0.25) is 4.98 Å². The number of furan rings is 1. The maximum absolute atomic E-state index is 5.29. The molecule has 74 valence electrons. The topological polar surface area (TPSA) is 38.1 Å². The molecule has 4 heteroatoms. The largest absolute Gasteiger partial charge is 0.468 e. The molecular weight excluding hydrogens is 196 g/mol. The molecule has 0 amide bonds. The fourth-order valence-corrected chi connectivity index (χ4v) is 1.77. The third-order valence-corrected chi connectivity index (χ3v) is 2.82. The van der Waals surface area contributed by atoms with E-state index in [2.05, 4.69) is 17.2 Å². The summed E-state index contributed by atoms with van der Waals surface area (Å²) in [5, 5.41) is 3.36. The van der Waals surface area contributed by atoms with Crippen LogP contribution in [0.15, 0.2) is 34.5 Å². The molecule has 0 aliphatic rings. The van der Waals surface area contributed by atoms with E-state index in [1.807, 2.05) is 23.8 Å². The van der Waals surface area contributed by atoms with Crippen molar-refractivity contribution in [1.82, 2.24) is 10.3 Å². The Morgan fingerprint density at radius 3 is 3.21 bits per heavy atom. The standard InChI is InChI=1S/C10H12N2OS/c1-8(10-3-2-4-13-10)12-6-9-5-11-7-14-9/h2-5,7-8,12H,6H2,1H3. The molecule has 0 radical (unpaired) electrons. The second kappa shape index (κ2) is 4.39. The first kappa shape index (κ1) is 9.43. The maximum Gasteiger partial charge on any atom is 0.120 e. The number of hydrogen-bond acceptors (Lipinski definition) is 4. The van der Waals surface area contributed by atoms with Gasteiger partial charge in [0.15, 0.2) is 0 Å². The van der Waals surface area contributed by atoms with Crippen molar-refractivity contribution < 1.29 is 4.42 Å². The highest BCUT2D eigenvalue weighted by Gasteiger charge is 2.07. The number of rotatable bonds is 4. The van der Waals surface area contributed by atoms with E-state index >= 15 is 0 Å². The van der Waals surface area contributed by atoms with Crippen LogP contribution in [0.3, 0.4) is 0 Å². The Hall–Kier alpha value is -1.13. The Bertz CT molecular complexity index is 355. The predicted molar refractivity (Wildman–Crippen MR) is 56.1 cm³/mol. The van der Waals surface area contributed by atoms with Crippen LogP contribution in [-0.2, 0) is 6.54 Å². The van der Waals surface area contributed by atoms with Gasteiger partial charge in [0.2, 0.25) is 0 Å². The average Bonchev–Trinajstić information content (AvgIpc) is 2.87. The predicted octanol–water partition coefficient (Wildman–Crippen LogP) is 2.59. The number of thiazole rings is 1. The van der Waals surface area contributed by atoms with Crippen LogP contribution in [0, 0.1) is 0 Å². The first-order valence-corrected chi connectivity index (χ1v) is 5.38. The lowest BCUT2D eigenvalue weighted by Crippen LogP contribution is -2.16. The van der Waals surface area contributed by atoms with Crippen LogP contribution < -0.4 is 5.32 Å². The van der Waals surface area contributed by atoms with Crippen LogP contribution in [0.1, 0.15) is 23.6 Å². The van der Waals surface area contributed by atoms with E-state index in [0.29, 0.717) is 0 Å². The highest BCUT2D eigenvalue weighted by molar-refractivity contribution is 7.09. The van der Waals surface area contributed by atoms with Gasteiger partial charge in [-0.2, -0.15) is 0 Å². The fourth-order valence-electron chi connectivity index (χ4n) is 1.22. The van der Waals surface area contributed by atoms with Crippen molar-refractivity contribution in [3.05, 3.63) is 40.7 Å². The lowest BCUT2D eigenvalue weighted by molar-refractivity contribution is 0.431. The summed E-state index contributed by atoms with van der Waals surface area (Å²) >= 11 is 1.66. The Morgan fingerprint density at radius 1 is 1.64 bits per heavy atom. The van der Waals surface area contributed by atoms with Crippen molar-refractivity contribution in [3.63, 3.8) is 0 Å². The Kier molecular flexibility index (Phi) is 2.96. The van der Waals surface area contributed by atoms with E-state index in [-0.39, 0.29) is 6.04 Å². The molecule has 0 spiro atoms. The van der Waals surface area contributed by atoms with Gasteiger partial charge < -0.3 is 9.73 Å². The van der Waals surface area contributed by atoms with Crippen molar-refractivity contribution in [3.8, 4) is 0 Å². The summed E-state index contributed by atoms with van der Waals surface area (Å²) in [7, 11) is 0. The average molecular weight is 208 g/mol. The van der Waals surface area contributed by atoms with E-state index in [9.17, 15) is 0 Å². The summed E-state index contributed by atoms with van der Waals surface area (Å²) in [5.74, 6) is 0.967. The normalized spacial score (nSPS) is 12.9. The summed E-state index contributed by atoms with van der Waals surface area (Å²) in [6.45, 7) is 2.92. The highest BCUT2D eigenvalue weighted by atomic mass is 32.1. The fraction of sp³-hybridized carbons (Fsp3) is 0.300. The molecule has 2 aromatic rings. The van der Waals surface area contributed by atoms with Crippen LogP contribution in [0.2, 0.25) is 0 Å². The summed E-state index contributed by atoms with van der Waals surface area (Å²) < 4.78 is 5.29. The molecule has 1 atom stereocenters. The Morgan fingerprint density at radius 2 is 2.57 bits per heavy atom. The second-order valence-electron chi connectivity index (χ2n) is 3.09. The van der Waals surface area contributed by atoms with Gasteiger partial charge in [-0.15, -0.1) is 11.3 Å². The number of aromatic nitrogens is 1. The van der Waals surface area contributed by atoms with E-state index in [1.54, 1.807) is 17.6 Å². The minimum Gasteiger partial charge on any atom is -0.468 e. The van der Waals surface area contributed by atoms with Crippen LogP contribution in [0.5, 0.6) is 0 Å². The second-order valence-corrected chi connectivity index (χ2v) is 4.06. The molecule has 0 bridgehead atoms. The zero-order chi connectivity index (χ0) is 9.80. The van der Waals surface area contributed by atoms with Gasteiger partial charge >= 0.3 is 0 Å². The van der Waals surface area contributed by atoms with Gasteiger partial charge in [0.05, 0.1) is 17.8 Å². The molecule has 2 rings (SSSR count). The van der Waals surface area contributed by atoms with E-state index in [0.717, 1.165) is 12.3 Å². The lowest BCUT2D eigenvalue weighted by atomic mass is 10.2. The molecule has 0 saturated carbocycles. The monoisotopic (exact) mass is 208 g/mol. The van der Waals surface area contributed by atoms with E-state index < -0.39 is 0 Å². The molecule has 2 aromatic heterocycles. The van der Waals surface area contributed by atoms with Gasteiger partial charge in [0, 0.05) is 17.6 Å². The minimum atomic E-state index is 0.243. The van der Waals surface area contributed by atoms with Crippen molar-refractivity contribution >= 4 is 11.3 Å². The maximum atomic E-state index is 5.29. The molecule has 0 aliphatic heterocycles. The first-order valence-electron chi connectivity index (χ1n) is 4.50. The van der Waals surface area contributed by atoms with Crippen LogP contribution in [0.4, 0.5) is 0 Å². The molecule has 2 heterocycles. The smallest absolute Gasteiger partial charge is 0.120 e. The SMILES string of the molecule is CC(NCc1cncs1)c1ccco1. The van der Waals surface area contributed by atoms with Gasteiger partial charge in [-0.25, -0.2) is 0 Å². The zero-order valence-electron chi connectivity index (χ0n) is 7.93. The Labute approximate surface area is 86.8 Å². The third-order valence-electron chi connectivity index (χ3n) is 2.04. The number of nitrogens with zero attached hydrogens (tertiary/aromatic N) is 1. The summed E-state index contributed by atoms with van der Waals surface area (Å²) in [4.78, 5) is 5.26. The highest BCUT2D eigenvalue weighted by Crippen LogP contribution is 2.13. The summed E-state index contributed by atoms with van der Waals surface area (Å²) in [6, 6.07) is 4.12. The Balaban J connectivity index is 1.87. The zero-order valence-corrected chi connectivity index (χ0v) is 8.75. The van der Waals surface area contributed by atoms with E-state index in [1.165, 1.54) is 4.88 Å². The van der Waals surface area contributed by atoms with Gasteiger partial charge in [-0.1, -0.05) is 0 Å². The van der Waals surface area contributed by atoms with Crippen LogP contribution in [-0.4, -0.2) is 4.98 Å².